The van der Waals surface area contributed by atoms with Gasteiger partial charge in [0, 0.05) is 11.1 Å². The van der Waals surface area contributed by atoms with Crippen LogP contribution in [0.1, 0.15) is 70.7 Å². The number of hydrogen-bond acceptors (Lipinski definition) is 3. The van der Waals surface area contributed by atoms with Crippen LogP contribution in [0.25, 0.3) is 0 Å². The van der Waals surface area contributed by atoms with Gasteiger partial charge in [0.2, 0.25) is 0 Å². The summed E-state index contributed by atoms with van der Waals surface area (Å²) in [5, 5.41) is 32.0. The maximum Gasteiger partial charge on any atom is 0.122 e. The highest BCUT2D eigenvalue weighted by Crippen LogP contribution is 2.42. The number of rotatable bonds is 2. The normalized spacial score (nSPS) is 13.1. The maximum atomic E-state index is 11.3. The Hall–Kier alpha value is -2.00. The van der Waals surface area contributed by atoms with Crippen LogP contribution in [-0.2, 0) is 16.4 Å². The summed E-state index contributed by atoms with van der Waals surface area (Å²) in [6.45, 7) is 14.1. The van der Waals surface area contributed by atoms with Crippen molar-refractivity contribution in [3.8, 4) is 11.5 Å². The molecule has 2 aromatic carbocycles. The van der Waals surface area contributed by atoms with Gasteiger partial charge in [-0.3, -0.25) is 0 Å². The van der Waals surface area contributed by atoms with Crippen LogP contribution in [0, 0.1) is 0 Å². The van der Waals surface area contributed by atoms with Gasteiger partial charge < -0.3 is 15.3 Å². The molecular weight excluding hydrogens is 312 g/mol. The summed E-state index contributed by atoms with van der Waals surface area (Å²) in [4.78, 5) is 0. The molecule has 0 fully saturated rings. The van der Waals surface area contributed by atoms with E-state index < -0.39 is 5.60 Å². The Labute approximate surface area is 151 Å². The van der Waals surface area contributed by atoms with Gasteiger partial charge in [0.15, 0.2) is 0 Å². The van der Waals surface area contributed by atoms with Gasteiger partial charge in [0.05, 0.1) is 0 Å². The zero-order valence-electron chi connectivity index (χ0n) is 16.3. The summed E-state index contributed by atoms with van der Waals surface area (Å²) in [5.74, 6) is 0.0251. The number of phenolic OH excluding ortho intramolecular Hbond substituents is 2. The van der Waals surface area contributed by atoms with Crippen molar-refractivity contribution < 1.29 is 15.3 Å². The zero-order chi connectivity index (χ0) is 19.2. The lowest BCUT2D eigenvalue weighted by atomic mass is 9.79. The van der Waals surface area contributed by atoms with Crippen LogP contribution in [0.15, 0.2) is 36.4 Å². The highest BCUT2D eigenvalue weighted by atomic mass is 16.3. The van der Waals surface area contributed by atoms with Crippen LogP contribution < -0.4 is 0 Å². The first kappa shape index (κ1) is 19.3. The molecule has 2 aromatic rings. The van der Waals surface area contributed by atoms with E-state index in [9.17, 15) is 15.3 Å². The van der Waals surface area contributed by atoms with Crippen LogP contribution >= 0.6 is 0 Å². The quantitative estimate of drug-likeness (QED) is 0.724. The van der Waals surface area contributed by atoms with Crippen molar-refractivity contribution in [3.05, 3.63) is 58.7 Å². The number of benzene rings is 2. The Morgan fingerprint density at radius 2 is 0.920 bits per heavy atom. The summed E-state index contributed by atoms with van der Waals surface area (Å²) >= 11 is 0. The van der Waals surface area contributed by atoms with Crippen LogP contribution in [-0.4, -0.2) is 15.3 Å². The second-order valence-corrected chi connectivity index (χ2v) is 9.04. The number of hydrogen-bond donors (Lipinski definition) is 3. The summed E-state index contributed by atoms with van der Waals surface area (Å²) in [5.41, 5.74) is 1.04. The summed E-state index contributed by atoms with van der Waals surface area (Å²) < 4.78 is 0. The van der Waals surface area contributed by atoms with E-state index in [1.54, 1.807) is 19.1 Å². The predicted molar refractivity (Wildman–Crippen MR) is 102 cm³/mol. The van der Waals surface area contributed by atoms with Crippen LogP contribution in [0.4, 0.5) is 0 Å². The molecule has 0 aliphatic rings. The SMILES string of the molecule is CC(C)(C)c1ccc(O)c(C(C)(O)c2cc(C(C)(C)C)ccc2O)c1. The molecule has 3 heteroatoms. The largest absolute Gasteiger partial charge is 0.508 e. The van der Waals surface area contributed by atoms with E-state index in [1.807, 2.05) is 24.3 Å². The standard InChI is InChI=1S/C22H30O3/c1-20(2,3)14-8-10-18(23)16(12-14)22(7,25)17-13-15(21(4,5)6)9-11-19(17)24/h8-13,23-25H,1-7H3. The molecule has 0 amide bonds. The van der Waals surface area contributed by atoms with E-state index >= 15 is 0 Å². The Morgan fingerprint density at radius 3 is 1.20 bits per heavy atom. The van der Waals surface area contributed by atoms with Gasteiger partial charge in [0.1, 0.15) is 17.1 Å². The van der Waals surface area contributed by atoms with E-state index in [1.165, 1.54) is 0 Å². The molecule has 0 atom stereocenters. The lowest BCUT2D eigenvalue weighted by Crippen LogP contribution is -2.25. The van der Waals surface area contributed by atoms with Crippen LogP contribution in [0.3, 0.4) is 0 Å². The van der Waals surface area contributed by atoms with Gasteiger partial charge in [-0.05, 0) is 53.1 Å². The minimum atomic E-state index is -1.52. The Morgan fingerprint density at radius 1 is 0.600 bits per heavy atom. The maximum absolute atomic E-state index is 11.3. The van der Waals surface area contributed by atoms with Crippen molar-refractivity contribution in [1.82, 2.24) is 0 Å². The summed E-state index contributed by atoms with van der Waals surface area (Å²) in [7, 11) is 0. The van der Waals surface area contributed by atoms with Gasteiger partial charge in [-0.25, -0.2) is 0 Å². The smallest absolute Gasteiger partial charge is 0.122 e. The van der Waals surface area contributed by atoms with Crippen molar-refractivity contribution >= 4 is 0 Å². The predicted octanol–water partition coefficient (Wildman–Crippen LogP) is 4.95. The van der Waals surface area contributed by atoms with E-state index in [2.05, 4.69) is 41.5 Å². The van der Waals surface area contributed by atoms with Crippen molar-refractivity contribution in [2.24, 2.45) is 0 Å². The molecule has 0 saturated carbocycles. The van der Waals surface area contributed by atoms with Gasteiger partial charge in [-0.1, -0.05) is 53.7 Å². The average molecular weight is 342 g/mol. The van der Waals surface area contributed by atoms with Gasteiger partial charge >= 0.3 is 0 Å². The Balaban J connectivity index is 2.67. The second-order valence-electron chi connectivity index (χ2n) is 9.04. The Kier molecular flexibility index (Phi) is 4.69. The molecule has 0 aliphatic heterocycles. The van der Waals surface area contributed by atoms with Gasteiger partial charge in [-0.15, -0.1) is 0 Å². The molecule has 0 unspecified atom stereocenters. The molecule has 0 aliphatic carbocycles. The molecule has 0 spiro atoms. The third-order valence-corrected chi connectivity index (χ3v) is 4.77. The topological polar surface area (TPSA) is 60.7 Å². The van der Waals surface area contributed by atoms with Crippen molar-refractivity contribution in [3.63, 3.8) is 0 Å². The third-order valence-electron chi connectivity index (χ3n) is 4.77. The minimum Gasteiger partial charge on any atom is -0.508 e. The molecule has 2 rings (SSSR count). The van der Waals surface area contributed by atoms with Crippen LogP contribution in [0.5, 0.6) is 11.5 Å². The van der Waals surface area contributed by atoms with Crippen molar-refractivity contribution in [2.75, 3.05) is 0 Å². The van der Waals surface area contributed by atoms with Crippen LogP contribution in [0.2, 0.25) is 0 Å². The second kappa shape index (κ2) is 6.06. The molecule has 136 valence electrons. The fraction of sp³-hybridized carbons (Fsp3) is 0.455. The third kappa shape index (κ3) is 3.82. The molecule has 0 aromatic heterocycles. The summed E-state index contributed by atoms with van der Waals surface area (Å²) in [6, 6.07) is 10.6. The van der Waals surface area contributed by atoms with E-state index in [0.29, 0.717) is 11.1 Å². The fourth-order valence-electron chi connectivity index (χ4n) is 2.93. The molecule has 0 saturated heterocycles. The zero-order valence-corrected chi connectivity index (χ0v) is 16.3. The highest BCUT2D eigenvalue weighted by Gasteiger charge is 2.33. The molecular formula is C22H30O3. The van der Waals surface area contributed by atoms with Gasteiger partial charge in [-0.2, -0.15) is 0 Å². The van der Waals surface area contributed by atoms with Gasteiger partial charge in [0.25, 0.3) is 0 Å². The number of aliphatic hydroxyl groups is 1. The first-order valence-electron chi connectivity index (χ1n) is 8.65. The summed E-state index contributed by atoms with van der Waals surface area (Å²) in [6.07, 6.45) is 0. The minimum absolute atomic E-state index is 0.0126. The number of phenols is 2. The van der Waals surface area contributed by atoms with E-state index in [0.717, 1.165) is 11.1 Å². The van der Waals surface area contributed by atoms with E-state index in [-0.39, 0.29) is 22.3 Å². The van der Waals surface area contributed by atoms with Crippen molar-refractivity contribution in [2.45, 2.75) is 64.9 Å². The molecule has 3 nitrogen and oxygen atoms in total. The monoisotopic (exact) mass is 342 g/mol. The lowest BCUT2D eigenvalue weighted by Gasteiger charge is -2.30. The Bertz CT molecular complexity index is 709. The fourth-order valence-corrected chi connectivity index (χ4v) is 2.93. The lowest BCUT2D eigenvalue weighted by molar-refractivity contribution is 0.0959. The number of aromatic hydroxyl groups is 2. The average Bonchev–Trinajstić information content (AvgIpc) is 2.45. The molecule has 0 heterocycles. The molecule has 25 heavy (non-hydrogen) atoms. The molecule has 3 N–H and O–H groups in total. The van der Waals surface area contributed by atoms with E-state index in [4.69, 9.17) is 0 Å². The first-order chi connectivity index (χ1) is 11.2. The highest BCUT2D eigenvalue weighted by molar-refractivity contribution is 5.51. The van der Waals surface area contributed by atoms with Crippen molar-refractivity contribution in [1.29, 1.82) is 0 Å². The first-order valence-corrected chi connectivity index (χ1v) is 8.65. The molecule has 0 radical (unpaired) electrons. The molecule has 0 bridgehead atoms.